The van der Waals surface area contributed by atoms with E-state index in [4.69, 9.17) is 14.2 Å². The highest BCUT2D eigenvalue weighted by atomic mass is 16.6. The van der Waals surface area contributed by atoms with E-state index in [2.05, 4.69) is 81.5 Å². The molecular weight excluding hydrogens is 817 g/mol. The highest BCUT2D eigenvalue weighted by molar-refractivity contribution is 5.71. The molecule has 0 rings (SSSR count). The molecule has 6 heteroatoms. The molecule has 0 fully saturated rings. The minimum absolute atomic E-state index is 0.0840. The Labute approximate surface area is 409 Å². The van der Waals surface area contributed by atoms with Gasteiger partial charge < -0.3 is 14.2 Å². The van der Waals surface area contributed by atoms with Crippen LogP contribution >= 0.6 is 0 Å². The number of hydrogen-bond donors (Lipinski definition) is 0. The van der Waals surface area contributed by atoms with Gasteiger partial charge in [0.15, 0.2) is 6.10 Å². The van der Waals surface area contributed by atoms with Crippen molar-refractivity contribution in [1.29, 1.82) is 0 Å². The third-order valence-corrected chi connectivity index (χ3v) is 12.2. The number of carbonyl (C=O) groups is 3. The summed E-state index contributed by atoms with van der Waals surface area (Å²) < 4.78 is 16.8. The third-order valence-electron chi connectivity index (χ3n) is 12.2. The Morgan fingerprint density at radius 1 is 0.303 bits per heavy atom. The summed E-state index contributed by atoms with van der Waals surface area (Å²) in [4.78, 5) is 38.1. The van der Waals surface area contributed by atoms with Crippen LogP contribution in [0.2, 0.25) is 0 Å². The van der Waals surface area contributed by atoms with Crippen LogP contribution in [0.25, 0.3) is 0 Å². The smallest absolute Gasteiger partial charge is 0.306 e. The minimum atomic E-state index is -0.785. The van der Waals surface area contributed by atoms with Crippen LogP contribution in [0, 0.1) is 0 Å². The Morgan fingerprint density at radius 2 is 0.561 bits per heavy atom. The molecule has 0 aliphatic rings. The van der Waals surface area contributed by atoms with Gasteiger partial charge in [0, 0.05) is 19.3 Å². The maximum absolute atomic E-state index is 12.8. The zero-order chi connectivity index (χ0) is 47.9. The van der Waals surface area contributed by atoms with Crippen LogP contribution in [-0.2, 0) is 28.6 Å². The van der Waals surface area contributed by atoms with Crippen molar-refractivity contribution in [1.82, 2.24) is 0 Å². The molecule has 0 saturated carbocycles. The van der Waals surface area contributed by atoms with Gasteiger partial charge in [0.1, 0.15) is 13.2 Å². The Hall–Kier alpha value is -2.89. The topological polar surface area (TPSA) is 78.9 Å². The van der Waals surface area contributed by atoms with Gasteiger partial charge in [0.25, 0.3) is 0 Å². The van der Waals surface area contributed by atoms with E-state index in [1.807, 2.05) is 0 Å². The summed E-state index contributed by atoms with van der Waals surface area (Å²) in [6, 6.07) is 0. The number of carbonyl (C=O) groups excluding carboxylic acids is 3. The van der Waals surface area contributed by atoms with Gasteiger partial charge in [0.05, 0.1) is 0 Å². The van der Waals surface area contributed by atoms with Crippen LogP contribution in [0.1, 0.15) is 284 Å². The van der Waals surface area contributed by atoms with Crippen LogP contribution in [0.15, 0.2) is 60.8 Å². The monoisotopic (exact) mass is 923 g/mol. The van der Waals surface area contributed by atoms with Gasteiger partial charge >= 0.3 is 17.9 Å². The lowest BCUT2D eigenvalue weighted by Crippen LogP contribution is -2.30. The minimum Gasteiger partial charge on any atom is -0.462 e. The Morgan fingerprint density at radius 3 is 0.924 bits per heavy atom. The van der Waals surface area contributed by atoms with Crippen molar-refractivity contribution < 1.29 is 28.6 Å². The van der Waals surface area contributed by atoms with Gasteiger partial charge in [-0.15, -0.1) is 0 Å². The van der Waals surface area contributed by atoms with Crippen molar-refractivity contribution in [3.63, 3.8) is 0 Å². The van der Waals surface area contributed by atoms with Crippen molar-refractivity contribution in [3.05, 3.63) is 60.8 Å². The fourth-order valence-corrected chi connectivity index (χ4v) is 7.90. The van der Waals surface area contributed by atoms with Gasteiger partial charge in [-0.05, 0) is 103 Å². The van der Waals surface area contributed by atoms with Gasteiger partial charge in [-0.25, -0.2) is 0 Å². The van der Waals surface area contributed by atoms with Crippen molar-refractivity contribution in [2.24, 2.45) is 0 Å². The molecule has 0 heterocycles. The van der Waals surface area contributed by atoms with Crippen LogP contribution in [0.4, 0.5) is 0 Å². The molecule has 0 radical (unpaired) electrons. The fraction of sp³-hybridized carbons (Fsp3) is 0.783. The molecule has 1 unspecified atom stereocenters. The summed E-state index contributed by atoms with van der Waals surface area (Å²) in [5.41, 5.74) is 0. The summed E-state index contributed by atoms with van der Waals surface area (Å²) in [6.45, 7) is 6.57. The highest BCUT2D eigenvalue weighted by Crippen LogP contribution is 2.15. The zero-order valence-corrected chi connectivity index (χ0v) is 43.7. The first-order chi connectivity index (χ1) is 32.5. The summed E-state index contributed by atoms with van der Waals surface area (Å²) in [5, 5.41) is 0. The molecule has 0 spiro atoms. The first-order valence-electron chi connectivity index (χ1n) is 28.3. The van der Waals surface area contributed by atoms with Gasteiger partial charge in [-0.1, -0.05) is 223 Å². The number of rotatable bonds is 51. The van der Waals surface area contributed by atoms with Gasteiger partial charge in [0.2, 0.25) is 0 Å². The third kappa shape index (κ3) is 52.1. The molecule has 66 heavy (non-hydrogen) atoms. The van der Waals surface area contributed by atoms with E-state index in [0.29, 0.717) is 19.3 Å². The van der Waals surface area contributed by atoms with E-state index in [1.54, 1.807) is 0 Å². The predicted octanol–water partition coefficient (Wildman–Crippen LogP) is 18.8. The fourth-order valence-electron chi connectivity index (χ4n) is 7.90. The van der Waals surface area contributed by atoms with Crippen LogP contribution in [0.3, 0.4) is 0 Å². The second-order valence-electron chi connectivity index (χ2n) is 18.8. The largest absolute Gasteiger partial charge is 0.462 e. The van der Waals surface area contributed by atoms with E-state index >= 15 is 0 Å². The average molecular weight is 924 g/mol. The van der Waals surface area contributed by atoms with Crippen LogP contribution < -0.4 is 0 Å². The molecule has 382 valence electrons. The summed E-state index contributed by atoms with van der Waals surface area (Å²) >= 11 is 0. The summed E-state index contributed by atoms with van der Waals surface area (Å²) in [5.74, 6) is -0.901. The van der Waals surface area contributed by atoms with E-state index in [-0.39, 0.29) is 31.1 Å². The van der Waals surface area contributed by atoms with Crippen molar-refractivity contribution >= 4 is 17.9 Å². The molecule has 1 atom stereocenters. The predicted molar refractivity (Wildman–Crippen MR) is 284 cm³/mol. The molecule has 0 N–H and O–H groups in total. The van der Waals surface area contributed by atoms with E-state index in [1.165, 1.54) is 154 Å². The normalized spacial score (nSPS) is 12.5. The first-order valence-corrected chi connectivity index (χ1v) is 28.3. The van der Waals surface area contributed by atoms with E-state index in [9.17, 15) is 14.4 Å². The standard InChI is InChI=1S/C60H106O6/c1-4-7-10-13-16-19-22-25-28-30-32-35-38-41-44-47-50-53-59(62)65-56-57(55-64-58(61)52-49-46-43-40-37-34-27-24-21-18-15-12-9-6-3)66-60(63)54-51-48-45-42-39-36-33-31-29-26-23-20-17-14-11-8-5-2/h15-16,18-19,24-29,57H,4-14,17,20-23,30-56H2,1-3H3/b18-15-,19-16-,27-24-,28-25-,29-26-. The van der Waals surface area contributed by atoms with Crippen molar-refractivity contribution in [2.45, 2.75) is 290 Å². The number of ether oxygens (including phenoxy) is 3. The van der Waals surface area contributed by atoms with Gasteiger partial charge in [-0.3, -0.25) is 14.4 Å². The first kappa shape index (κ1) is 63.1. The average Bonchev–Trinajstić information content (AvgIpc) is 3.31. The molecule has 6 nitrogen and oxygen atoms in total. The molecule has 0 aromatic carbocycles. The number of allylic oxidation sites excluding steroid dienone is 10. The Kier molecular flexibility index (Phi) is 52.3. The summed E-state index contributed by atoms with van der Waals surface area (Å²) in [6.07, 6.45) is 67.7. The lowest BCUT2D eigenvalue weighted by Gasteiger charge is -2.18. The maximum Gasteiger partial charge on any atom is 0.306 e. The van der Waals surface area contributed by atoms with Crippen LogP contribution in [-0.4, -0.2) is 37.2 Å². The van der Waals surface area contributed by atoms with Crippen molar-refractivity contribution in [2.75, 3.05) is 13.2 Å². The molecular formula is C60H106O6. The lowest BCUT2D eigenvalue weighted by atomic mass is 10.1. The molecule has 0 amide bonds. The Bertz CT molecular complexity index is 1200. The molecule has 0 aliphatic carbocycles. The second kappa shape index (κ2) is 54.7. The lowest BCUT2D eigenvalue weighted by molar-refractivity contribution is -0.167. The molecule has 0 aromatic heterocycles. The van der Waals surface area contributed by atoms with Crippen LogP contribution in [0.5, 0.6) is 0 Å². The van der Waals surface area contributed by atoms with E-state index < -0.39 is 6.10 Å². The van der Waals surface area contributed by atoms with Crippen molar-refractivity contribution in [3.8, 4) is 0 Å². The molecule has 0 bridgehead atoms. The number of unbranched alkanes of at least 4 members (excludes halogenated alkanes) is 30. The zero-order valence-electron chi connectivity index (χ0n) is 43.7. The maximum atomic E-state index is 12.8. The SMILES string of the molecule is CCCC/C=C\C/C=C\CCCCCCCC(=O)OCC(COC(=O)CCCCCCCCC/C=C\C/C=C\CCCCC)OC(=O)CCCCCCCCC/C=C\CCCCCCCC. The highest BCUT2D eigenvalue weighted by Gasteiger charge is 2.19. The molecule has 0 saturated heterocycles. The molecule has 0 aromatic rings. The number of esters is 3. The molecule has 0 aliphatic heterocycles. The second-order valence-corrected chi connectivity index (χ2v) is 18.8. The number of hydrogen-bond acceptors (Lipinski definition) is 6. The quantitative estimate of drug-likeness (QED) is 0.0262. The Balaban J connectivity index is 4.40. The van der Waals surface area contributed by atoms with Gasteiger partial charge in [-0.2, -0.15) is 0 Å². The van der Waals surface area contributed by atoms with E-state index in [0.717, 1.165) is 89.9 Å². The summed E-state index contributed by atoms with van der Waals surface area (Å²) in [7, 11) is 0.